The number of β-lactam (4-membered cyclic amide) rings is 1. The van der Waals surface area contributed by atoms with E-state index in [1.807, 2.05) is 72.5 Å². The molecule has 3 aromatic rings. The van der Waals surface area contributed by atoms with Gasteiger partial charge < -0.3 is 9.64 Å². The van der Waals surface area contributed by atoms with E-state index in [1.165, 1.54) is 0 Å². The number of ether oxygens (including phenoxy) is 1. The van der Waals surface area contributed by atoms with Crippen LogP contribution in [0.3, 0.4) is 0 Å². The number of rotatable bonds is 6. The standard InChI is InChI=1S/C25H23NO2S/c1-25(29-22-11-7-4-8-12-22)23(18-13-19-9-5-3-6-10-19)26(24(25)27)20-14-16-21(28-2)17-15-20/h3-18,23H,1-2H3/b18-13+/t23-,25-/m0/s1. The van der Waals surface area contributed by atoms with Crippen molar-refractivity contribution in [2.75, 3.05) is 12.0 Å². The molecule has 1 fully saturated rings. The molecule has 1 aliphatic heterocycles. The van der Waals surface area contributed by atoms with Gasteiger partial charge in [0.05, 0.1) is 13.2 Å². The van der Waals surface area contributed by atoms with Gasteiger partial charge in [0, 0.05) is 10.6 Å². The van der Waals surface area contributed by atoms with E-state index < -0.39 is 4.75 Å². The number of thioether (sulfide) groups is 1. The number of carbonyl (C=O) groups is 1. The van der Waals surface area contributed by atoms with Crippen molar-refractivity contribution >= 4 is 29.4 Å². The molecule has 1 heterocycles. The van der Waals surface area contributed by atoms with Crippen LogP contribution in [0.4, 0.5) is 5.69 Å². The molecule has 4 rings (SSSR count). The van der Waals surface area contributed by atoms with E-state index in [0.717, 1.165) is 21.9 Å². The van der Waals surface area contributed by atoms with E-state index in [9.17, 15) is 4.79 Å². The Morgan fingerprint density at radius 2 is 1.55 bits per heavy atom. The second-order valence-corrected chi connectivity index (χ2v) is 8.63. The predicted molar refractivity (Wildman–Crippen MR) is 120 cm³/mol. The number of hydrogen-bond acceptors (Lipinski definition) is 3. The first kappa shape index (κ1) is 19.3. The molecule has 2 atom stereocenters. The van der Waals surface area contributed by atoms with Gasteiger partial charge in [-0.2, -0.15) is 0 Å². The first-order valence-electron chi connectivity index (χ1n) is 9.57. The van der Waals surface area contributed by atoms with Crippen LogP contribution < -0.4 is 9.64 Å². The lowest BCUT2D eigenvalue weighted by molar-refractivity contribution is -0.126. The lowest BCUT2D eigenvalue weighted by atomic mass is 9.86. The van der Waals surface area contributed by atoms with E-state index in [2.05, 4.69) is 36.4 Å². The third-order valence-electron chi connectivity index (χ3n) is 5.18. The molecule has 0 aromatic heterocycles. The molecule has 0 radical (unpaired) electrons. The highest BCUT2D eigenvalue weighted by atomic mass is 32.2. The predicted octanol–water partition coefficient (Wildman–Crippen LogP) is 5.67. The first-order chi connectivity index (χ1) is 14.1. The van der Waals surface area contributed by atoms with Gasteiger partial charge in [0.15, 0.2) is 0 Å². The van der Waals surface area contributed by atoms with Gasteiger partial charge in [-0.3, -0.25) is 4.79 Å². The van der Waals surface area contributed by atoms with Gasteiger partial charge in [-0.15, -0.1) is 11.8 Å². The van der Waals surface area contributed by atoms with Crippen molar-refractivity contribution in [1.82, 2.24) is 0 Å². The fourth-order valence-electron chi connectivity index (χ4n) is 3.57. The molecule has 1 amide bonds. The SMILES string of the molecule is COc1ccc(N2C(=O)[C@@](C)(Sc3ccccc3)[C@@H]2/C=C/c2ccccc2)cc1. The molecule has 0 aliphatic carbocycles. The van der Waals surface area contributed by atoms with Crippen LogP contribution in [-0.4, -0.2) is 23.8 Å². The normalized spacial score (nSPS) is 21.2. The molecule has 1 aliphatic rings. The van der Waals surface area contributed by atoms with Gasteiger partial charge in [0.2, 0.25) is 5.91 Å². The zero-order valence-corrected chi connectivity index (χ0v) is 17.3. The molecule has 0 bridgehead atoms. The maximum Gasteiger partial charge on any atom is 0.246 e. The molecular weight excluding hydrogens is 378 g/mol. The average molecular weight is 402 g/mol. The van der Waals surface area contributed by atoms with Crippen molar-refractivity contribution in [1.29, 1.82) is 0 Å². The number of carbonyl (C=O) groups excluding carboxylic acids is 1. The lowest BCUT2D eigenvalue weighted by Gasteiger charge is -2.52. The number of benzene rings is 3. The molecule has 1 saturated heterocycles. The molecule has 0 saturated carbocycles. The Bertz CT molecular complexity index is 1000. The van der Waals surface area contributed by atoms with Crippen LogP contribution in [0.2, 0.25) is 0 Å². The Hall–Kier alpha value is -2.98. The third kappa shape index (κ3) is 3.81. The smallest absolute Gasteiger partial charge is 0.246 e. The molecular formula is C25H23NO2S. The third-order valence-corrected chi connectivity index (χ3v) is 6.53. The highest BCUT2D eigenvalue weighted by Gasteiger charge is 2.57. The van der Waals surface area contributed by atoms with Crippen molar-refractivity contribution in [3.63, 3.8) is 0 Å². The van der Waals surface area contributed by atoms with E-state index in [-0.39, 0.29) is 11.9 Å². The number of amides is 1. The lowest BCUT2D eigenvalue weighted by Crippen LogP contribution is -2.70. The van der Waals surface area contributed by atoms with Crippen LogP contribution in [-0.2, 0) is 4.79 Å². The fraction of sp³-hybridized carbons (Fsp3) is 0.160. The quantitative estimate of drug-likeness (QED) is 0.498. The summed E-state index contributed by atoms with van der Waals surface area (Å²) in [6.07, 6.45) is 4.23. The minimum absolute atomic E-state index is 0.0613. The van der Waals surface area contributed by atoms with E-state index >= 15 is 0 Å². The topological polar surface area (TPSA) is 29.5 Å². The Balaban J connectivity index is 1.67. The number of methoxy groups -OCH3 is 1. The largest absolute Gasteiger partial charge is 0.497 e. The van der Waals surface area contributed by atoms with Gasteiger partial charge in [0.25, 0.3) is 0 Å². The summed E-state index contributed by atoms with van der Waals surface area (Å²) < 4.78 is 4.70. The second kappa shape index (κ2) is 8.18. The summed E-state index contributed by atoms with van der Waals surface area (Å²) >= 11 is 1.62. The van der Waals surface area contributed by atoms with Crippen LogP contribution in [0.15, 0.2) is 95.9 Å². The van der Waals surface area contributed by atoms with Crippen LogP contribution in [0, 0.1) is 0 Å². The minimum Gasteiger partial charge on any atom is -0.497 e. The Morgan fingerprint density at radius 3 is 2.17 bits per heavy atom. The van der Waals surface area contributed by atoms with Crippen molar-refractivity contribution in [2.45, 2.75) is 22.6 Å². The number of nitrogens with zero attached hydrogens (tertiary/aromatic N) is 1. The Labute approximate surface area is 176 Å². The minimum atomic E-state index is -0.563. The first-order valence-corrected chi connectivity index (χ1v) is 10.4. The molecule has 146 valence electrons. The van der Waals surface area contributed by atoms with Crippen molar-refractivity contribution < 1.29 is 9.53 Å². The zero-order valence-electron chi connectivity index (χ0n) is 16.5. The molecule has 3 nitrogen and oxygen atoms in total. The van der Waals surface area contributed by atoms with Gasteiger partial charge in [-0.1, -0.05) is 60.7 Å². The second-order valence-electron chi connectivity index (χ2n) is 7.11. The van der Waals surface area contributed by atoms with E-state index in [0.29, 0.717) is 0 Å². The molecule has 4 heteroatoms. The van der Waals surface area contributed by atoms with Gasteiger partial charge in [-0.05, 0) is 48.9 Å². The summed E-state index contributed by atoms with van der Waals surface area (Å²) in [4.78, 5) is 16.3. The monoisotopic (exact) mass is 401 g/mol. The van der Waals surface area contributed by atoms with Gasteiger partial charge >= 0.3 is 0 Å². The van der Waals surface area contributed by atoms with Crippen LogP contribution >= 0.6 is 11.8 Å². The summed E-state index contributed by atoms with van der Waals surface area (Å²) in [6.45, 7) is 2.03. The van der Waals surface area contributed by atoms with Gasteiger partial charge in [0.1, 0.15) is 10.5 Å². The molecule has 0 spiro atoms. The highest BCUT2D eigenvalue weighted by molar-refractivity contribution is 8.01. The van der Waals surface area contributed by atoms with Gasteiger partial charge in [-0.25, -0.2) is 0 Å². The van der Waals surface area contributed by atoms with Crippen molar-refractivity contribution in [3.8, 4) is 5.75 Å². The van der Waals surface area contributed by atoms with E-state index in [4.69, 9.17) is 4.74 Å². The van der Waals surface area contributed by atoms with E-state index in [1.54, 1.807) is 18.9 Å². The summed E-state index contributed by atoms with van der Waals surface area (Å²) in [5.74, 6) is 0.888. The van der Waals surface area contributed by atoms with Crippen molar-refractivity contribution in [3.05, 3.63) is 96.6 Å². The summed E-state index contributed by atoms with van der Waals surface area (Å²) in [5, 5.41) is 0. The molecule has 3 aromatic carbocycles. The fourth-order valence-corrected chi connectivity index (χ4v) is 4.84. The molecule has 0 unspecified atom stereocenters. The van der Waals surface area contributed by atoms with Crippen molar-refractivity contribution in [2.24, 2.45) is 0 Å². The Kier molecular flexibility index (Phi) is 5.45. The summed E-state index contributed by atoms with van der Waals surface area (Å²) in [6, 6.07) is 27.9. The highest BCUT2D eigenvalue weighted by Crippen LogP contribution is 2.48. The van der Waals surface area contributed by atoms with Crippen LogP contribution in [0.1, 0.15) is 12.5 Å². The maximum atomic E-state index is 13.3. The summed E-state index contributed by atoms with van der Waals surface area (Å²) in [7, 11) is 1.64. The van der Waals surface area contributed by atoms with Crippen LogP contribution in [0.25, 0.3) is 6.08 Å². The molecule has 0 N–H and O–H groups in total. The zero-order chi connectivity index (χ0) is 20.3. The maximum absolute atomic E-state index is 13.3. The van der Waals surface area contributed by atoms with Crippen LogP contribution in [0.5, 0.6) is 5.75 Å². The molecule has 29 heavy (non-hydrogen) atoms. The number of anilines is 1. The summed E-state index contributed by atoms with van der Waals surface area (Å²) in [5.41, 5.74) is 2.00. The average Bonchev–Trinajstić information content (AvgIpc) is 2.77. The number of hydrogen-bond donors (Lipinski definition) is 0. The Morgan fingerprint density at radius 1 is 0.931 bits per heavy atom.